The van der Waals surface area contributed by atoms with E-state index in [1.807, 2.05) is 0 Å². The number of hydrogen-bond donors (Lipinski definition) is 3. The van der Waals surface area contributed by atoms with Crippen LogP contribution in [0.5, 0.6) is 11.5 Å². The Bertz CT molecular complexity index is 539. The van der Waals surface area contributed by atoms with Crippen LogP contribution in [0.15, 0.2) is 12.1 Å². The van der Waals surface area contributed by atoms with E-state index in [1.54, 1.807) is 26.4 Å². The van der Waals surface area contributed by atoms with Crippen LogP contribution in [0, 0.1) is 0 Å². The molecule has 0 amide bonds. The summed E-state index contributed by atoms with van der Waals surface area (Å²) in [6.07, 6.45) is 0. The molecule has 0 aliphatic carbocycles. The molecule has 2 rings (SSSR count). The number of ether oxygens (including phenoxy) is 3. The van der Waals surface area contributed by atoms with E-state index in [-0.39, 0.29) is 0 Å². The molecule has 1 aromatic carbocycles. The Morgan fingerprint density at radius 1 is 1.26 bits per heavy atom. The average molecular weight is 361 g/mol. The van der Waals surface area contributed by atoms with E-state index >= 15 is 0 Å². The third-order valence-corrected chi connectivity index (χ3v) is 4.23. The van der Waals surface area contributed by atoms with E-state index in [4.69, 9.17) is 38.0 Å². The lowest BCUT2D eigenvalue weighted by Gasteiger charge is -2.24. The number of methoxy groups -OCH3 is 2. The first-order valence-electron chi connectivity index (χ1n) is 7.51. The van der Waals surface area contributed by atoms with Crippen molar-refractivity contribution in [3.8, 4) is 11.5 Å². The van der Waals surface area contributed by atoms with Crippen molar-refractivity contribution < 1.29 is 19.1 Å². The summed E-state index contributed by atoms with van der Waals surface area (Å²) in [4.78, 5) is 1.53. The van der Waals surface area contributed by atoms with Crippen LogP contribution in [-0.2, 0) is 4.74 Å². The molecule has 1 saturated heterocycles. The number of anilines is 1. The quantitative estimate of drug-likeness (QED) is 0.644. The van der Waals surface area contributed by atoms with Gasteiger partial charge in [0.15, 0.2) is 5.11 Å². The molecule has 0 saturated carbocycles. The zero-order chi connectivity index (χ0) is 16.7. The smallest absolute Gasteiger partial charge is 0.171 e. The first-order chi connectivity index (χ1) is 11.1. The highest BCUT2D eigenvalue weighted by Crippen LogP contribution is 2.35. The van der Waals surface area contributed by atoms with E-state index in [0.29, 0.717) is 27.3 Å². The van der Waals surface area contributed by atoms with Gasteiger partial charge >= 0.3 is 0 Å². The van der Waals surface area contributed by atoms with Crippen LogP contribution < -0.4 is 25.0 Å². The second-order valence-electron chi connectivity index (χ2n) is 5.18. The van der Waals surface area contributed by atoms with E-state index in [2.05, 4.69) is 10.6 Å². The molecule has 1 aromatic rings. The van der Waals surface area contributed by atoms with Gasteiger partial charge in [0.25, 0.3) is 0 Å². The predicted molar refractivity (Wildman–Crippen MR) is 95.2 cm³/mol. The molecule has 0 atom stereocenters. The summed E-state index contributed by atoms with van der Waals surface area (Å²) in [6.45, 7) is 5.56. The van der Waals surface area contributed by atoms with Gasteiger partial charge in [0, 0.05) is 12.1 Å². The molecule has 0 aromatic heterocycles. The molecule has 6 nitrogen and oxygen atoms in total. The maximum absolute atomic E-state index is 6.09. The number of halogens is 1. The predicted octanol–water partition coefficient (Wildman–Crippen LogP) is 0.559. The van der Waals surface area contributed by atoms with Gasteiger partial charge in [-0.1, -0.05) is 11.6 Å². The van der Waals surface area contributed by atoms with Gasteiger partial charge in [0.05, 0.1) is 51.2 Å². The lowest BCUT2D eigenvalue weighted by molar-refractivity contribution is -0.906. The summed E-state index contributed by atoms with van der Waals surface area (Å²) in [5.41, 5.74) is 0.713. The first-order valence-corrected chi connectivity index (χ1v) is 8.30. The van der Waals surface area contributed by atoms with Crippen molar-refractivity contribution in [2.45, 2.75) is 0 Å². The molecule has 1 aliphatic rings. The molecule has 0 radical (unpaired) electrons. The summed E-state index contributed by atoms with van der Waals surface area (Å²) in [5, 5.41) is 7.37. The molecular weight excluding hydrogens is 338 g/mol. The molecular formula is C15H23ClN3O3S+. The highest BCUT2D eigenvalue weighted by atomic mass is 35.5. The molecule has 1 aliphatic heterocycles. The number of thiocarbonyl (C=S) groups is 1. The second kappa shape index (κ2) is 9.12. The monoisotopic (exact) mass is 360 g/mol. The van der Waals surface area contributed by atoms with Gasteiger partial charge in [-0.2, -0.15) is 0 Å². The summed E-state index contributed by atoms with van der Waals surface area (Å²) >= 11 is 11.4. The summed E-state index contributed by atoms with van der Waals surface area (Å²) < 4.78 is 15.9. The molecule has 0 bridgehead atoms. The fourth-order valence-electron chi connectivity index (χ4n) is 2.39. The standard InChI is InChI=1S/C15H22ClN3O3S/c1-20-13-10-12(14(21-2)9-11(13)16)18-15(23)17-3-4-19-5-7-22-8-6-19/h9-10H,3-8H2,1-2H3,(H2,17,18,23)/p+1. The van der Waals surface area contributed by atoms with Crippen molar-refractivity contribution in [1.29, 1.82) is 0 Å². The van der Waals surface area contributed by atoms with Gasteiger partial charge in [-0.3, -0.25) is 0 Å². The maximum atomic E-state index is 6.09. The van der Waals surface area contributed by atoms with Crippen molar-refractivity contribution in [2.24, 2.45) is 0 Å². The van der Waals surface area contributed by atoms with Crippen molar-refractivity contribution in [3.63, 3.8) is 0 Å². The van der Waals surface area contributed by atoms with Crippen molar-refractivity contribution >= 4 is 34.6 Å². The van der Waals surface area contributed by atoms with E-state index in [0.717, 1.165) is 39.4 Å². The number of rotatable bonds is 6. The van der Waals surface area contributed by atoms with Gasteiger partial charge in [-0.15, -0.1) is 0 Å². The molecule has 0 spiro atoms. The Morgan fingerprint density at radius 2 is 1.96 bits per heavy atom. The SMILES string of the molecule is COc1cc(NC(=S)NCC[NH+]2CCOCC2)c(OC)cc1Cl. The summed E-state index contributed by atoms with van der Waals surface area (Å²) in [7, 11) is 3.15. The topological polar surface area (TPSA) is 56.2 Å². The minimum Gasteiger partial charge on any atom is -0.495 e. The average Bonchev–Trinajstić information content (AvgIpc) is 2.57. The van der Waals surface area contributed by atoms with Crippen LogP contribution in [0.2, 0.25) is 5.02 Å². The van der Waals surface area contributed by atoms with Crippen LogP contribution in [0.1, 0.15) is 0 Å². The van der Waals surface area contributed by atoms with Crippen molar-refractivity contribution in [2.75, 3.05) is 58.9 Å². The van der Waals surface area contributed by atoms with Crippen molar-refractivity contribution in [1.82, 2.24) is 5.32 Å². The van der Waals surface area contributed by atoms with Crippen LogP contribution in [0.25, 0.3) is 0 Å². The molecule has 1 heterocycles. The Morgan fingerprint density at radius 3 is 2.61 bits per heavy atom. The van der Waals surface area contributed by atoms with Crippen LogP contribution in [0.3, 0.4) is 0 Å². The van der Waals surface area contributed by atoms with Crippen LogP contribution >= 0.6 is 23.8 Å². The minimum atomic E-state index is 0.490. The summed E-state index contributed by atoms with van der Waals surface area (Å²) in [6, 6.07) is 3.46. The molecule has 1 fully saturated rings. The molecule has 23 heavy (non-hydrogen) atoms. The Hall–Kier alpha value is -1.28. The third-order valence-electron chi connectivity index (χ3n) is 3.69. The number of nitrogens with one attached hydrogen (secondary N) is 3. The number of quaternary nitrogens is 1. The molecule has 8 heteroatoms. The normalized spacial score (nSPS) is 15.1. The third kappa shape index (κ3) is 5.39. The Balaban J connectivity index is 1.86. The minimum absolute atomic E-state index is 0.490. The molecule has 3 N–H and O–H groups in total. The van der Waals surface area contributed by atoms with Gasteiger partial charge in [0.2, 0.25) is 0 Å². The maximum Gasteiger partial charge on any atom is 0.171 e. The molecule has 128 valence electrons. The Labute approximate surface area is 147 Å². The highest BCUT2D eigenvalue weighted by Gasteiger charge is 2.14. The number of morpholine rings is 1. The molecule has 0 unspecified atom stereocenters. The van der Waals surface area contributed by atoms with Crippen molar-refractivity contribution in [3.05, 3.63) is 17.2 Å². The zero-order valence-electron chi connectivity index (χ0n) is 13.4. The van der Waals surface area contributed by atoms with Crippen LogP contribution in [-0.4, -0.2) is 58.7 Å². The number of benzene rings is 1. The van der Waals surface area contributed by atoms with E-state index in [1.165, 1.54) is 4.90 Å². The first kappa shape index (κ1) is 18.1. The van der Waals surface area contributed by atoms with Gasteiger partial charge in [0.1, 0.15) is 24.6 Å². The zero-order valence-corrected chi connectivity index (χ0v) is 15.0. The lowest BCUT2D eigenvalue weighted by Crippen LogP contribution is -3.14. The van der Waals surface area contributed by atoms with Gasteiger partial charge < -0.3 is 29.7 Å². The summed E-state index contributed by atoms with van der Waals surface area (Å²) in [5.74, 6) is 1.18. The van der Waals surface area contributed by atoms with Crippen LogP contribution in [0.4, 0.5) is 5.69 Å². The Kier molecular flexibility index (Phi) is 7.16. The largest absolute Gasteiger partial charge is 0.495 e. The second-order valence-corrected chi connectivity index (χ2v) is 6.00. The van der Waals surface area contributed by atoms with Gasteiger partial charge in [-0.25, -0.2) is 0 Å². The lowest BCUT2D eigenvalue weighted by atomic mass is 10.2. The van der Waals surface area contributed by atoms with Gasteiger partial charge in [-0.05, 0) is 12.2 Å². The van der Waals surface area contributed by atoms with E-state index in [9.17, 15) is 0 Å². The number of hydrogen-bond acceptors (Lipinski definition) is 4. The fourth-order valence-corrected chi connectivity index (χ4v) is 2.83. The highest BCUT2D eigenvalue weighted by molar-refractivity contribution is 7.80. The van der Waals surface area contributed by atoms with E-state index < -0.39 is 0 Å². The fraction of sp³-hybridized carbons (Fsp3) is 0.533.